The molecule has 0 spiro atoms. The molecule has 0 bridgehead atoms. The van der Waals surface area contributed by atoms with E-state index in [1.54, 1.807) is 0 Å². The van der Waals surface area contributed by atoms with Crippen LogP contribution < -0.4 is 10.6 Å². The van der Waals surface area contributed by atoms with Gasteiger partial charge in [-0.2, -0.15) is 0 Å². The van der Waals surface area contributed by atoms with Crippen molar-refractivity contribution >= 4 is 17.3 Å². The van der Waals surface area contributed by atoms with Crippen LogP contribution >= 0.6 is 12.2 Å². The van der Waals surface area contributed by atoms with Crippen LogP contribution in [-0.4, -0.2) is 17.7 Å². The normalized spacial score (nSPS) is 16.1. The fraction of sp³-hybridized carbons (Fsp3) is 0.929. The molecule has 3 heteroatoms. The van der Waals surface area contributed by atoms with Crippen LogP contribution in [0.3, 0.4) is 0 Å². The summed E-state index contributed by atoms with van der Waals surface area (Å²) in [4.78, 5) is 0. The van der Waals surface area contributed by atoms with Gasteiger partial charge in [0.2, 0.25) is 0 Å². The molecule has 17 heavy (non-hydrogen) atoms. The third-order valence-electron chi connectivity index (χ3n) is 3.51. The zero-order valence-electron chi connectivity index (χ0n) is 11.3. The molecule has 1 aliphatic rings. The van der Waals surface area contributed by atoms with E-state index >= 15 is 0 Å². The van der Waals surface area contributed by atoms with Gasteiger partial charge in [0.25, 0.3) is 0 Å². The topological polar surface area (TPSA) is 24.1 Å². The Hall–Kier alpha value is -0.310. The van der Waals surface area contributed by atoms with E-state index in [2.05, 4.69) is 17.6 Å². The highest BCUT2D eigenvalue weighted by atomic mass is 32.1. The van der Waals surface area contributed by atoms with Gasteiger partial charge in [0.1, 0.15) is 0 Å². The maximum absolute atomic E-state index is 5.29. The first-order chi connectivity index (χ1) is 8.33. The van der Waals surface area contributed by atoms with Crippen LogP contribution in [0, 0.1) is 0 Å². The molecule has 0 heterocycles. The molecule has 1 saturated carbocycles. The second-order valence-corrected chi connectivity index (χ2v) is 5.56. The minimum absolute atomic E-state index is 0.638. The summed E-state index contributed by atoms with van der Waals surface area (Å²) in [7, 11) is 0. The molecule has 2 nitrogen and oxygen atoms in total. The summed E-state index contributed by atoms with van der Waals surface area (Å²) in [5.74, 6) is 0. The lowest BCUT2D eigenvalue weighted by molar-refractivity contribution is 0.590. The molecule has 0 atom stereocenters. The lowest BCUT2D eigenvalue weighted by atomic mass is 10.1. The Balaban J connectivity index is 1.86. The van der Waals surface area contributed by atoms with Gasteiger partial charge in [-0.15, -0.1) is 0 Å². The molecular weight excluding hydrogens is 228 g/mol. The molecule has 0 aromatic carbocycles. The van der Waals surface area contributed by atoms with E-state index in [-0.39, 0.29) is 0 Å². The van der Waals surface area contributed by atoms with Gasteiger partial charge in [-0.25, -0.2) is 0 Å². The van der Waals surface area contributed by atoms with Crippen molar-refractivity contribution in [3.05, 3.63) is 0 Å². The number of nitrogens with one attached hydrogen (secondary N) is 2. The largest absolute Gasteiger partial charge is 0.363 e. The van der Waals surface area contributed by atoms with Crippen molar-refractivity contribution in [3.63, 3.8) is 0 Å². The quantitative estimate of drug-likeness (QED) is 0.511. The Morgan fingerprint density at radius 1 is 1.06 bits per heavy atom. The molecule has 100 valence electrons. The molecule has 0 amide bonds. The third kappa shape index (κ3) is 7.58. The van der Waals surface area contributed by atoms with Crippen molar-refractivity contribution in [1.29, 1.82) is 0 Å². The van der Waals surface area contributed by atoms with E-state index in [4.69, 9.17) is 12.2 Å². The van der Waals surface area contributed by atoms with E-state index < -0.39 is 0 Å². The SMILES string of the molecule is CCCCCCCCNC(=S)NC1CCCC1. The first-order valence-corrected chi connectivity index (χ1v) is 7.78. The van der Waals surface area contributed by atoms with Crippen LogP contribution in [-0.2, 0) is 0 Å². The number of hydrogen-bond donors (Lipinski definition) is 2. The Kier molecular flexibility index (Phi) is 8.41. The third-order valence-corrected chi connectivity index (χ3v) is 3.77. The Bertz CT molecular complexity index is 200. The zero-order valence-corrected chi connectivity index (χ0v) is 12.1. The van der Waals surface area contributed by atoms with E-state index in [1.165, 1.54) is 64.2 Å². The van der Waals surface area contributed by atoms with E-state index in [0.717, 1.165) is 11.7 Å². The highest BCUT2D eigenvalue weighted by molar-refractivity contribution is 7.80. The van der Waals surface area contributed by atoms with Crippen LogP contribution in [0.15, 0.2) is 0 Å². The fourth-order valence-electron chi connectivity index (χ4n) is 2.41. The van der Waals surface area contributed by atoms with Crippen LogP contribution in [0.2, 0.25) is 0 Å². The standard InChI is InChI=1S/C14H28N2S/c1-2-3-4-5-6-9-12-15-14(17)16-13-10-7-8-11-13/h13H,2-12H2,1H3,(H2,15,16,17). The summed E-state index contributed by atoms with van der Waals surface area (Å²) in [5.41, 5.74) is 0. The molecular formula is C14H28N2S. The Morgan fingerprint density at radius 3 is 2.41 bits per heavy atom. The lowest BCUT2D eigenvalue weighted by Gasteiger charge is -2.15. The molecule has 1 fully saturated rings. The van der Waals surface area contributed by atoms with E-state index in [0.29, 0.717) is 6.04 Å². The smallest absolute Gasteiger partial charge is 0.166 e. The summed E-state index contributed by atoms with van der Waals surface area (Å²) in [6.07, 6.45) is 13.4. The second-order valence-electron chi connectivity index (χ2n) is 5.15. The van der Waals surface area contributed by atoms with Gasteiger partial charge in [-0.05, 0) is 31.5 Å². The summed E-state index contributed by atoms with van der Waals surface area (Å²) in [5, 5.41) is 7.60. The Morgan fingerprint density at radius 2 is 1.71 bits per heavy atom. The van der Waals surface area contributed by atoms with Gasteiger partial charge in [0.05, 0.1) is 0 Å². The number of unbranched alkanes of at least 4 members (excludes halogenated alkanes) is 5. The molecule has 1 aliphatic carbocycles. The van der Waals surface area contributed by atoms with Gasteiger partial charge in [0.15, 0.2) is 5.11 Å². The van der Waals surface area contributed by atoms with Crippen LogP contribution in [0.25, 0.3) is 0 Å². The van der Waals surface area contributed by atoms with Crippen LogP contribution in [0.5, 0.6) is 0 Å². The first kappa shape index (κ1) is 14.7. The Labute approximate surface area is 112 Å². The summed E-state index contributed by atoms with van der Waals surface area (Å²) in [6.45, 7) is 3.29. The maximum Gasteiger partial charge on any atom is 0.166 e. The summed E-state index contributed by atoms with van der Waals surface area (Å²) in [6, 6.07) is 0.638. The van der Waals surface area contributed by atoms with Crippen molar-refractivity contribution in [3.8, 4) is 0 Å². The number of rotatable bonds is 8. The van der Waals surface area contributed by atoms with Crippen LogP contribution in [0.4, 0.5) is 0 Å². The number of hydrogen-bond acceptors (Lipinski definition) is 1. The second kappa shape index (κ2) is 9.69. The first-order valence-electron chi connectivity index (χ1n) is 7.37. The van der Waals surface area contributed by atoms with Gasteiger partial charge in [-0.3, -0.25) is 0 Å². The van der Waals surface area contributed by atoms with E-state index in [9.17, 15) is 0 Å². The van der Waals surface area contributed by atoms with Gasteiger partial charge in [-0.1, -0.05) is 51.9 Å². The zero-order chi connectivity index (χ0) is 12.3. The molecule has 1 rings (SSSR count). The molecule has 0 aromatic heterocycles. The average molecular weight is 256 g/mol. The summed E-state index contributed by atoms with van der Waals surface area (Å²) >= 11 is 5.29. The minimum Gasteiger partial charge on any atom is -0.363 e. The van der Waals surface area contributed by atoms with Gasteiger partial charge >= 0.3 is 0 Å². The van der Waals surface area contributed by atoms with Crippen molar-refractivity contribution in [2.24, 2.45) is 0 Å². The fourth-order valence-corrected chi connectivity index (χ4v) is 2.68. The van der Waals surface area contributed by atoms with Crippen LogP contribution in [0.1, 0.15) is 71.1 Å². The molecule has 0 aliphatic heterocycles. The van der Waals surface area contributed by atoms with Gasteiger partial charge in [0, 0.05) is 12.6 Å². The molecule has 0 radical (unpaired) electrons. The minimum atomic E-state index is 0.638. The number of thiocarbonyl (C=S) groups is 1. The lowest BCUT2D eigenvalue weighted by Crippen LogP contribution is -2.40. The molecule has 0 saturated heterocycles. The predicted octanol–water partition coefficient (Wildman–Crippen LogP) is 3.75. The highest BCUT2D eigenvalue weighted by Crippen LogP contribution is 2.17. The summed E-state index contributed by atoms with van der Waals surface area (Å²) < 4.78 is 0. The van der Waals surface area contributed by atoms with Crippen molar-refractivity contribution < 1.29 is 0 Å². The maximum atomic E-state index is 5.29. The van der Waals surface area contributed by atoms with Crippen molar-refractivity contribution in [2.75, 3.05) is 6.54 Å². The van der Waals surface area contributed by atoms with Gasteiger partial charge < -0.3 is 10.6 Å². The highest BCUT2D eigenvalue weighted by Gasteiger charge is 2.14. The monoisotopic (exact) mass is 256 g/mol. The predicted molar refractivity (Wildman–Crippen MR) is 79.4 cm³/mol. The molecule has 0 unspecified atom stereocenters. The van der Waals surface area contributed by atoms with Crippen molar-refractivity contribution in [2.45, 2.75) is 77.2 Å². The molecule has 0 aromatic rings. The average Bonchev–Trinajstić information content (AvgIpc) is 2.80. The molecule has 2 N–H and O–H groups in total. The van der Waals surface area contributed by atoms with E-state index in [1.807, 2.05) is 0 Å². The van der Waals surface area contributed by atoms with Crippen molar-refractivity contribution in [1.82, 2.24) is 10.6 Å².